The van der Waals surface area contributed by atoms with Crippen molar-refractivity contribution in [3.8, 4) is 0 Å². The van der Waals surface area contributed by atoms with E-state index in [-0.39, 0.29) is 33.4 Å². The number of nitro benzene ring substituents is 2. The molecule has 0 unspecified atom stereocenters. The number of rotatable bonds is 7. The van der Waals surface area contributed by atoms with Crippen molar-refractivity contribution < 1.29 is 43.7 Å². The van der Waals surface area contributed by atoms with Crippen LogP contribution in [0.15, 0.2) is 143 Å². The summed E-state index contributed by atoms with van der Waals surface area (Å²) in [5.74, 6) is -3.98. The Morgan fingerprint density at radius 3 is 1.59 bits per heavy atom. The molecule has 0 spiro atoms. The second kappa shape index (κ2) is 20.0. The zero-order valence-electron chi connectivity index (χ0n) is 35.8. The van der Waals surface area contributed by atoms with Crippen molar-refractivity contribution in [1.29, 1.82) is 0 Å². The van der Waals surface area contributed by atoms with E-state index in [1.165, 1.54) is 30.3 Å². The van der Waals surface area contributed by atoms with E-state index in [0.29, 0.717) is 40.4 Å². The van der Waals surface area contributed by atoms with Gasteiger partial charge in [0.1, 0.15) is 5.56 Å². The molecule has 2 amide bonds. The number of hydrogen-bond donors (Lipinski definition) is 4. The first-order valence-electron chi connectivity index (χ1n) is 20.3. The summed E-state index contributed by atoms with van der Waals surface area (Å²) >= 11 is 0. The summed E-state index contributed by atoms with van der Waals surface area (Å²) in [6.07, 6.45) is 0.983. The monoisotopic (exact) mass is 930 g/mol. The lowest BCUT2D eigenvalue weighted by atomic mass is 10.0. The summed E-state index contributed by atoms with van der Waals surface area (Å²) in [4.78, 5) is 102. The van der Waals surface area contributed by atoms with Crippen LogP contribution in [-0.4, -0.2) is 65.1 Å². The van der Waals surface area contributed by atoms with Gasteiger partial charge in [0.25, 0.3) is 40.3 Å². The van der Waals surface area contributed by atoms with E-state index in [2.05, 4.69) is 25.1 Å². The number of ether oxygens (including phenoxy) is 1. The van der Waals surface area contributed by atoms with Gasteiger partial charge < -0.3 is 15.6 Å². The van der Waals surface area contributed by atoms with Crippen molar-refractivity contribution in [1.82, 2.24) is 20.4 Å². The molecule has 0 radical (unpaired) electrons. The summed E-state index contributed by atoms with van der Waals surface area (Å²) in [5, 5.41) is 45.4. The second-order valence-corrected chi connectivity index (χ2v) is 14.9. The molecule has 2 aliphatic rings. The first-order chi connectivity index (χ1) is 33.0. The van der Waals surface area contributed by atoms with Crippen LogP contribution in [0.5, 0.6) is 0 Å². The highest BCUT2D eigenvalue weighted by atomic mass is 16.6. The Labute approximate surface area is 386 Å². The van der Waals surface area contributed by atoms with Gasteiger partial charge in [-0.3, -0.25) is 44.2 Å². The number of carboxylic acid groups (broad SMARTS) is 1. The highest BCUT2D eigenvalue weighted by Crippen LogP contribution is 2.35. The number of nitrogens with two attached hydrogens (primary N) is 1. The molecule has 69 heavy (non-hydrogen) atoms. The number of hydrogen-bond acceptors (Lipinski definition) is 15. The van der Waals surface area contributed by atoms with Gasteiger partial charge in [-0.25, -0.2) is 24.7 Å². The predicted octanol–water partition coefficient (Wildman–Crippen LogP) is 6.32. The summed E-state index contributed by atoms with van der Waals surface area (Å²) in [7, 11) is 0. The quantitative estimate of drug-likeness (QED) is 0.0339. The van der Waals surface area contributed by atoms with E-state index in [0.717, 1.165) is 45.8 Å². The van der Waals surface area contributed by atoms with Crippen molar-refractivity contribution in [3.63, 3.8) is 0 Å². The van der Waals surface area contributed by atoms with E-state index < -0.39 is 50.9 Å². The molecule has 10 rings (SSSR count). The van der Waals surface area contributed by atoms with E-state index in [1.807, 2.05) is 54.6 Å². The zero-order chi connectivity index (χ0) is 49.5. The molecule has 0 bridgehead atoms. The van der Waals surface area contributed by atoms with Crippen molar-refractivity contribution >= 4 is 74.0 Å². The molecule has 344 valence electrons. The normalized spacial score (nSPS) is 12.1. The molecule has 0 saturated carbocycles. The van der Waals surface area contributed by atoms with Crippen LogP contribution >= 0.6 is 0 Å². The topological polar surface area (TPSA) is 322 Å². The molecule has 6 aromatic carbocycles. The van der Waals surface area contributed by atoms with Gasteiger partial charge in [0.05, 0.1) is 48.8 Å². The van der Waals surface area contributed by atoms with Crippen molar-refractivity contribution in [3.05, 3.63) is 219 Å². The summed E-state index contributed by atoms with van der Waals surface area (Å²) in [6, 6.07) is 36.8. The Morgan fingerprint density at radius 2 is 1.07 bits per heavy atom. The number of aromatic amines is 2. The number of imide groups is 1. The van der Waals surface area contributed by atoms with Crippen LogP contribution in [0.4, 0.5) is 22.7 Å². The molecule has 5 N–H and O–H groups in total. The number of cyclic esters (lactones) is 2. The number of aliphatic carboxylic acids is 1. The highest BCUT2D eigenvalue weighted by Gasteiger charge is 2.42. The largest absolute Gasteiger partial charge is 0.481 e. The van der Waals surface area contributed by atoms with Crippen LogP contribution in [0.25, 0.3) is 21.5 Å². The number of aromatic nitrogens is 4. The zero-order valence-corrected chi connectivity index (χ0v) is 35.8. The SMILES string of the molecule is CC(=O)O.Nc1cccc(Cc2n[nH]c(=O)c3ccccc23)c1.O=C1OC(=O)c2c1cccc2[N+](=O)[O-].O=C1c2cccc([N+](=O)[O-])c2C(=O)N1c1cccc(Cc2n[nH]c(=O)c3ccccc23)c1. The lowest BCUT2D eigenvalue weighted by molar-refractivity contribution is -0.385. The lowest BCUT2D eigenvalue weighted by Crippen LogP contribution is -2.29. The molecule has 21 heteroatoms. The van der Waals surface area contributed by atoms with Crippen molar-refractivity contribution in [2.75, 3.05) is 10.6 Å². The number of nitrogen functional groups attached to an aromatic ring is 1. The predicted molar refractivity (Wildman–Crippen MR) is 248 cm³/mol. The van der Waals surface area contributed by atoms with Crippen molar-refractivity contribution in [2.45, 2.75) is 19.8 Å². The Kier molecular flexibility index (Phi) is 13.6. The van der Waals surface area contributed by atoms with Gasteiger partial charge in [0.2, 0.25) is 0 Å². The summed E-state index contributed by atoms with van der Waals surface area (Å²) in [6.45, 7) is 1.08. The van der Waals surface area contributed by atoms with Crippen LogP contribution in [0.1, 0.15) is 70.9 Å². The lowest BCUT2D eigenvalue weighted by Gasteiger charge is -2.15. The molecule has 8 aromatic rings. The van der Waals surface area contributed by atoms with Gasteiger partial charge in [0, 0.05) is 48.4 Å². The molecule has 21 nitrogen and oxygen atoms in total. The molecule has 2 aromatic heterocycles. The highest BCUT2D eigenvalue weighted by molar-refractivity contribution is 6.35. The van der Waals surface area contributed by atoms with Crippen LogP contribution in [0.3, 0.4) is 0 Å². The molecule has 0 saturated heterocycles. The Bertz CT molecular complexity index is 3550. The van der Waals surface area contributed by atoms with Gasteiger partial charge >= 0.3 is 11.9 Å². The standard InChI is InChI=1S/C23H14N4O5.C15H13N3O.C8H3NO5.C2H4O2/c28-21-16-8-2-1-7-15(16)18(24-25-21)12-13-5-3-6-14(11-13)26-22(29)17-9-4-10-19(27(31)32)20(17)23(26)30;16-11-5-3-4-10(8-11)9-14-12-6-1-2-7-13(12)15(19)18-17-14;10-7-4-2-1-3-5(9(12)13)6(4)8(11)14-7;1-2(3)4/h1-11H,12H2,(H,25,28);1-8H,9,16H2,(H,18,19);1-3H;1H3,(H,3,4). The number of anilines is 2. The molecule has 2 aliphatic heterocycles. The maximum Gasteiger partial charge on any atom is 0.353 e. The average molecular weight is 931 g/mol. The number of benzene rings is 6. The minimum atomic E-state index is -0.961. The number of carbonyl (C=O) groups is 5. The molecule has 0 aliphatic carbocycles. The molecular weight excluding hydrogens is 897 g/mol. The fourth-order valence-corrected chi connectivity index (χ4v) is 7.43. The number of fused-ring (bicyclic) bond motifs is 4. The molecular formula is C48H34N8O13. The van der Waals surface area contributed by atoms with Gasteiger partial charge in [0.15, 0.2) is 5.56 Å². The maximum absolute atomic E-state index is 13.0. The van der Waals surface area contributed by atoms with Crippen LogP contribution < -0.4 is 21.8 Å². The maximum atomic E-state index is 13.0. The molecule has 0 fully saturated rings. The average Bonchev–Trinajstić information content (AvgIpc) is 3.77. The fraction of sp³-hybridized carbons (Fsp3) is 0.0625. The third kappa shape index (κ3) is 10.1. The van der Waals surface area contributed by atoms with Gasteiger partial charge in [-0.1, -0.05) is 72.8 Å². The van der Waals surface area contributed by atoms with Gasteiger partial charge in [-0.15, -0.1) is 0 Å². The third-order valence-corrected chi connectivity index (χ3v) is 10.4. The van der Waals surface area contributed by atoms with E-state index in [1.54, 1.807) is 42.5 Å². The number of carbonyl (C=O) groups excluding carboxylic acids is 4. The summed E-state index contributed by atoms with van der Waals surface area (Å²) < 4.78 is 4.24. The Morgan fingerprint density at radius 1 is 0.609 bits per heavy atom. The van der Waals surface area contributed by atoms with Gasteiger partial charge in [-0.2, -0.15) is 10.2 Å². The minimum absolute atomic E-state index is 0.00268. The number of esters is 2. The van der Waals surface area contributed by atoms with Crippen LogP contribution in [0.2, 0.25) is 0 Å². The van der Waals surface area contributed by atoms with E-state index in [9.17, 15) is 49.0 Å². The van der Waals surface area contributed by atoms with Gasteiger partial charge in [-0.05, 0) is 59.7 Å². The minimum Gasteiger partial charge on any atom is -0.481 e. The Balaban J connectivity index is 0.000000160. The Hall–Kier alpha value is -10.1. The fourth-order valence-electron chi connectivity index (χ4n) is 7.43. The number of nitrogens with zero attached hydrogens (tertiary/aromatic N) is 5. The first-order valence-corrected chi connectivity index (χ1v) is 20.3. The number of carboxylic acids is 1. The van der Waals surface area contributed by atoms with Crippen molar-refractivity contribution in [2.24, 2.45) is 0 Å². The third-order valence-electron chi connectivity index (χ3n) is 10.4. The van der Waals surface area contributed by atoms with Crippen LogP contribution in [-0.2, 0) is 22.4 Å². The first kappa shape index (κ1) is 46.9. The smallest absolute Gasteiger partial charge is 0.353 e. The second-order valence-electron chi connectivity index (χ2n) is 14.9. The number of amides is 2. The number of nitro groups is 2. The molecule has 4 heterocycles. The van der Waals surface area contributed by atoms with Crippen LogP contribution in [0, 0.1) is 20.2 Å². The number of H-pyrrole nitrogens is 2. The molecule has 0 atom stereocenters. The van der Waals surface area contributed by atoms with E-state index in [4.69, 9.17) is 15.6 Å². The number of nitrogens with one attached hydrogen (secondary N) is 2. The van der Waals surface area contributed by atoms with E-state index >= 15 is 0 Å². The summed E-state index contributed by atoms with van der Waals surface area (Å²) in [5.41, 5.74) is 8.34.